The number of nitrogens with one attached hydrogen (secondary N) is 1. The van der Waals surface area contributed by atoms with Gasteiger partial charge in [-0.15, -0.1) is 0 Å². The minimum Gasteiger partial charge on any atom is -0.452 e. The number of ether oxygens (including phenoxy) is 1. The number of carbonyl (C=O) groups excluding carboxylic acids is 2. The summed E-state index contributed by atoms with van der Waals surface area (Å²) in [6, 6.07) is 8.54. The first kappa shape index (κ1) is 18.9. The average Bonchev–Trinajstić information content (AvgIpc) is 2.54. The lowest BCUT2D eigenvalue weighted by atomic mass is 10.2. The molecule has 1 N–H and O–H groups in total. The van der Waals surface area contributed by atoms with Crippen molar-refractivity contribution in [3.63, 3.8) is 0 Å². The average molecular weight is 386 g/mol. The van der Waals surface area contributed by atoms with Gasteiger partial charge in [-0.1, -0.05) is 11.6 Å². The monoisotopic (exact) mass is 385 g/mol. The fraction of sp³-hybridized carbons (Fsp3) is 0.125. The number of hydrogen-bond acceptors (Lipinski definition) is 5. The number of amides is 1. The highest BCUT2D eigenvalue weighted by atomic mass is 35.5. The van der Waals surface area contributed by atoms with Crippen LogP contribution in [-0.4, -0.2) is 33.2 Å². The molecule has 0 saturated heterocycles. The third-order valence-electron chi connectivity index (χ3n) is 3.06. The van der Waals surface area contributed by atoms with Crippen LogP contribution in [0.1, 0.15) is 10.4 Å². The first-order valence-corrected chi connectivity index (χ1v) is 9.16. The van der Waals surface area contributed by atoms with E-state index in [1.165, 1.54) is 30.3 Å². The van der Waals surface area contributed by atoms with Gasteiger partial charge in [-0.2, -0.15) is 0 Å². The summed E-state index contributed by atoms with van der Waals surface area (Å²) in [7, 11) is -3.37. The van der Waals surface area contributed by atoms with Crippen molar-refractivity contribution in [1.29, 1.82) is 0 Å². The molecule has 6 nitrogen and oxygen atoms in total. The van der Waals surface area contributed by atoms with Crippen molar-refractivity contribution in [2.45, 2.75) is 4.90 Å². The van der Waals surface area contributed by atoms with E-state index in [-0.39, 0.29) is 21.2 Å². The quantitative estimate of drug-likeness (QED) is 0.799. The summed E-state index contributed by atoms with van der Waals surface area (Å²) in [4.78, 5) is 23.7. The summed E-state index contributed by atoms with van der Waals surface area (Å²) in [6.07, 6.45) is 1.05. The van der Waals surface area contributed by atoms with E-state index in [9.17, 15) is 22.4 Å². The molecule has 132 valence electrons. The molecule has 0 bridgehead atoms. The van der Waals surface area contributed by atoms with Gasteiger partial charge in [-0.25, -0.2) is 17.6 Å². The number of hydrogen-bond donors (Lipinski definition) is 1. The maximum Gasteiger partial charge on any atom is 0.338 e. The maximum absolute atomic E-state index is 12.9. The molecule has 0 aliphatic carbocycles. The first-order valence-electron chi connectivity index (χ1n) is 6.89. The van der Waals surface area contributed by atoms with Gasteiger partial charge in [0.05, 0.1) is 21.2 Å². The number of esters is 1. The Hall–Kier alpha value is -2.45. The van der Waals surface area contributed by atoms with E-state index in [1.54, 1.807) is 0 Å². The molecule has 0 radical (unpaired) electrons. The summed E-state index contributed by atoms with van der Waals surface area (Å²) in [6.45, 7) is -0.583. The first-order chi connectivity index (χ1) is 11.7. The fourth-order valence-electron chi connectivity index (χ4n) is 1.83. The summed E-state index contributed by atoms with van der Waals surface area (Å²) in [5.74, 6) is -2.00. The summed E-state index contributed by atoms with van der Waals surface area (Å²) >= 11 is 5.77. The molecular weight excluding hydrogens is 373 g/mol. The van der Waals surface area contributed by atoms with Gasteiger partial charge in [-0.05, 0) is 42.5 Å². The second-order valence-electron chi connectivity index (χ2n) is 5.05. The van der Waals surface area contributed by atoms with E-state index in [4.69, 9.17) is 16.3 Å². The fourth-order valence-corrected chi connectivity index (χ4v) is 2.67. The number of sulfone groups is 1. The number of halogens is 2. The molecule has 25 heavy (non-hydrogen) atoms. The normalized spacial score (nSPS) is 11.0. The molecule has 0 saturated carbocycles. The smallest absolute Gasteiger partial charge is 0.338 e. The second-order valence-corrected chi connectivity index (χ2v) is 7.47. The van der Waals surface area contributed by atoms with Crippen LogP contribution in [0.3, 0.4) is 0 Å². The molecule has 2 aromatic rings. The highest BCUT2D eigenvalue weighted by molar-refractivity contribution is 7.90. The van der Waals surface area contributed by atoms with Gasteiger partial charge >= 0.3 is 5.97 Å². The van der Waals surface area contributed by atoms with Crippen molar-refractivity contribution in [3.05, 3.63) is 58.9 Å². The zero-order valence-electron chi connectivity index (χ0n) is 13.0. The number of rotatable bonds is 5. The van der Waals surface area contributed by atoms with E-state index >= 15 is 0 Å². The largest absolute Gasteiger partial charge is 0.452 e. The van der Waals surface area contributed by atoms with Crippen LogP contribution in [0.25, 0.3) is 0 Å². The van der Waals surface area contributed by atoms with Gasteiger partial charge in [0, 0.05) is 6.26 Å². The van der Waals surface area contributed by atoms with E-state index in [1.807, 2.05) is 0 Å². The Morgan fingerprint density at radius 3 is 2.36 bits per heavy atom. The van der Waals surface area contributed by atoms with E-state index < -0.39 is 34.1 Å². The van der Waals surface area contributed by atoms with Gasteiger partial charge in [0.15, 0.2) is 16.4 Å². The minimum atomic E-state index is -3.37. The summed E-state index contributed by atoms with van der Waals surface area (Å²) in [5, 5.41) is 2.39. The molecule has 9 heteroatoms. The van der Waals surface area contributed by atoms with Gasteiger partial charge < -0.3 is 10.1 Å². The number of anilines is 1. The molecule has 2 rings (SSSR count). The van der Waals surface area contributed by atoms with Gasteiger partial charge in [0.1, 0.15) is 5.82 Å². The highest BCUT2D eigenvalue weighted by Gasteiger charge is 2.13. The molecule has 0 fully saturated rings. The van der Waals surface area contributed by atoms with Crippen molar-refractivity contribution in [2.24, 2.45) is 0 Å². The molecule has 0 unspecified atom stereocenters. The van der Waals surface area contributed by atoms with Crippen molar-refractivity contribution >= 4 is 39.0 Å². The zero-order valence-corrected chi connectivity index (χ0v) is 14.5. The highest BCUT2D eigenvalue weighted by Crippen LogP contribution is 2.22. The van der Waals surface area contributed by atoms with Crippen LogP contribution in [0, 0.1) is 5.82 Å². The lowest BCUT2D eigenvalue weighted by molar-refractivity contribution is -0.119. The molecule has 2 aromatic carbocycles. The van der Waals surface area contributed by atoms with Crippen LogP contribution >= 0.6 is 11.6 Å². The Bertz CT molecular complexity index is 913. The number of carbonyl (C=O) groups is 2. The lowest BCUT2D eigenvalue weighted by Crippen LogP contribution is -2.21. The predicted molar refractivity (Wildman–Crippen MR) is 89.9 cm³/mol. The molecule has 0 spiro atoms. The summed E-state index contributed by atoms with van der Waals surface area (Å²) in [5.41, 5.74) is 0.279. The van der Waals surface area contributed by atoms with Crippen LogP contribution in [0.15, 0.2) is 47.4 Å². The van der Waals surface area contributed by atoms with Crippen molar-refractivity contribution in [1.82, 2.24) is 0 Å². The van der Waals surface area contributed by atoms with Crippen LogP contribution in [-0.2, 0) is 19.4 Å². The maximum atomic E-state index is 12.9. The Kier molecular flexibility index (Phi) is 5.76. The molecule has 0 atom stereocenters. The van der Waals surface area contributed by atoms with Crippen LogP contribution in [0.5, 0.6) is 0 Å². The Morgan fingerprint density at radius 1 is 1.16 bits per heavy atom. The van der Waals surface area contributed by atoms with Crippen LogP contribution in [0.4, 0.5) is 10.1 Å². The van der Waals surface area contributed by atoms with Crippen molar-refractivity contribution in [3.8, 4) is 0 Å². The molecule has 1 amide bonds. The van der Waals surface area contributed by atoms with Crippen LogP contribution in [0.2, 0.25) is 5.02 Å². The topological polar surface area (TPSA) is 89.5 Å². The SMILES string of the molecule is CS(=O)(=O)c1ccc(C(=O)OCC(=O)Nc2ccc(F)cc2Cl)cc1. The van der Waals surface area contributed by atoms with Gasteiger partial charge in [0.25, 0.3) is 5.91 Å². The van der Waals surface area contributed by atoms with E-state index in [0.29, 0.717) is 0 Å². The van der Waals surface area contributed by atoms with Crippen molar-refractivity contribution < 1.29 is 27.1 Å². The standard InChI is InChI=1S/C16H13ClFNO5S/c1-25(22,23)12-5-2-10(3-6-12)16(21)24-9-15(20)19-14-7-4-11(18)8-13(14)17/h2-8H,9H2,1H3,(H,19,20). The third kappa shape index (κ3) is 5.27. The molecule has 0 aliphatic rings. The minimum absolute atomic E-state index is 0.0102. The molecular formula is C16H13ClFNO5S. The lowest BCUT2D eigenvalue weighted by Gasteiger charge is -2.08. The molecule has 0 aliphatic heterocycles. The summed E-state index contributed by atoms with van der Waals surface area (Å²) < 4.78 is 40.5. The van der Waals surface area contributed by atoms with E-state index in [0.717, 1.165) is 18.4 Å². The molecule has 0 aromatic heterocycles. The second kappa shape index (κ2) is 7.62. The third-order valence-corrected chi connectivity index (χ3v) is 4.50. The number of benzene rings is 2. The molecule has 0 heterocycles. The zero-order chi connectivity index (χ0) is 18.6. The van der Waals surface area contributed by atoms with Crippen LogP contribution < -0.4 is 5.32 Å². The Morgan fingerprint density at radius 2 is 1.80 bits per heavy atom. The van der Waals surface area contributed by atoms with Gasteiger partial charge in [-0.3, -0.25) is 4.79 Å². The van der Waals surface area contributed by atoms with E-state index in [2.05, 4.69) is 5.32 Å². The Balaban J connectivity index is 1.94. The van der Waals surface area contributed by atoms with Crippen molar-refractivity contribution in [2.75, 3.05) is 18.2 Å². The predicted octanol–water partition coefficient (Wildman–Crippen LogP) is 2.68. The van der Waals surface area contributed by atoms with Gasteiger partial charge in [0.2, 0.25) is 0 Å². The Labute approximate surface area is 148 Å².